The number of benzene rings is 2. The number of nitrogens with zero attached hydrogens (tertiary/aromatic N) is 4. The van der Waals surface area contributed by atoms with E-state index >= 15 is 0 Å². The van der Waals surface area contributed by atoms with Crippen LogP contribution in [-0.2, 0) is 5.75 Å². The summed E-state index contributed by atoms with van der Waals surface area (Å²) >= 11 is 1.65. The Morgan fingerprint density at radius 1 is 0.952 bits per heavy atom. The van der Waals surface area contributed by atoms with Crippen molar-refractivity contribution in [2.24, 2.45) is 0 Å². The summed E-state index contributed by atoms with van der Waals surface area (Å²) in [4.78, 5) is 0. The molecule has 0 aliphatic heterocycles. The van der Waals surface area contributed by atoms with Crippen LogP contribution in [0.15, 0.2) is 53.7 Å². The Hall–Kier alpha value is -2.14. The van der Waals surface area contributed by atoms with Gasteiger partial charge in [0.05, 0.1) is 5.69 Å². The van der Waals surface area contributed by atoms with Gasteiger partial charge in [0.15, 0.2) is 0 Å². The summed E-state index contributed by atoms with van der Waals surface area (Å²) in [7, 11) is 0. The first kappa shape index (κ1) is 13.8. The van der Waals surface area contributed by atoms with Crippen molar-refractivity contribution in [3.05, 3.63) is 65.2 Å². The molecule has 3 aromatic rings. The topological polar surface area (TPSA) is 43.6 Å². The normalized spacial score (nSPS) is 10.8. The van der Waals surface area contributed by atoms with Gasteiger partial charge in [0.25, 0.3) is 0 Å². The molecule has 0 bridgehead atoms. The van der Waals surface area contributed by atoms with Gasteiger partial charge in [0.2, 0.25) is 5.16 Å². The largest absolute Gasteiger partial charge is 0.214 e. The predicted molar refractivity (Wildman–Crippen MR) is 84.6 cm³/mol. The second-order valence-electron chi connectivity index (χ2n) is 4.89. The van der Waals surface area contributed by atoms with Crippen molar-refractivity contribution in [2.75, 3.05) is 0 Å². The lowest BCUT2D eigenvalue weighted by atomic mass is 10.1. The first-order chi connectivity index (χ1) is 10.3. The van der Waals surface area contributed by atoms with Crippen LogP contribution in [0.4, 0.5) is 0 Å². The van der Waals surface area contributed by atoms with Gasteiger partial charge in [0, 0.05) is 5.75 Å². The number of rotatable bonds is 4. The summed E-state index contributed by atoms with van der Waals surface area (Å²) in [5.41, 5.74) is 4.67. The fourth-order valence-electron chi connectivity index (χ4n) is 2.27. The highest BCUT2D eigenvalue weighted by atomic mass is 32.2. The first-order valence-electron chi connectivity index (χ1n) is 6.77. The van der Waals surface area contributed by atoms with Gasteiger partial charge >= 0.3 is 0 Å². The van der Waals surface area contributed by atoms with E-state index in [1.165, 1.54) is 16.7 Å². The van der Waals surface area contributed by atoms with Crippen LogP contribution in [0.1, 0.15) is 16.7 Å². The highest BCUT2D eigenvalue weighted by Gasteiger charge is 2.13. The molecular formula is C16H16N4S. The Kier molecular flexibility index (Phi) is 4.01. The van der Waals surface area contributed by atoms with Gasteiger partial charge in [-0.15, -0.1) is 5.10 Å². The van der Waals surface area contributed by atoms with Gasteiger partial charge in [-0.3, -0.25) is 0 Å². The van der Waals surface area contributed by atoms with Crippen molar-refractivity contribution in [1.29, 1.82) is 0 Å². The highest BCUT2D eigenvalue weighted by Crippen LogP contribution is 2.25. The van der Waals surface area contributed by atoms with Crippen LogP contribution in [0, 0.1) is 13.8 Å². The molecule has 0 fully saturated rings. The Labute approximate surface area is 128 Å². The predicted octanol–water partition coefficient (Wildman–Crippen LogP) is 3.57. The monoisotopic (exact) mass is 296 g/mol. The fraction of sp³-hybridized carbons (Fsp3) is 0.188. The molecule has 0 unspecified atom stereocenters. The molecule has 106 valence electrons. The van der Waals surface area contributed by atoms with Crippen LogP contribution in [-0.4, -0.2) is 20.2 Å². The van der Waals surface area contributed by atoms with E-state index in [0.29, 0.717) is 0 Å². The maximum atomic E-state index is 4.16. The summed E-state index contributed by atoms with van der Waals surface area (Å²) in [5, 5.41) is 13.0. The number of aromatic nitrogens is 4. The van der Waals surface area contributed by atoms with Crippen LogP contribution >= 0.6 is 11.8 Å². The second-order valence-corrected chi connectivity index (χ2v) is 5.83. The van der Waals surface area contributed by atoms with E-state index in [2.05, 4.69) is 59.7 Å². The minimum absolute atomic E-state index is 0.816. The van der Waals surface area contributed by atoms with Gasteiger partial charge in [-0.25, -0.2) is 0 Å². The third-order valence-corrected chi connectivity index (χ3v) is 4.29. The van der Waals surface area contributed by atoms with Crippen molar-refractivity contribution >= 4 is 11.8 Å². The minimum Gasteiger partial charge on any atom is -0.187 e. The highest BCUT2D eigenvalue weighted by molar-refractivity contribution is 7.98. The molecule has 1 heterocycles. The van der Waals surface area contributed by atoms with E-state index in [4.69, 9.17) is 0 Å². The zero-order chi connectivity index (χ0) is 14.7. The van der Waals surface area contributed by atoms with Gasteiger partial charge in [-0.2, -0.15) is 4.68 Å². The average molecular weight is 296 g/mol. The van der Waals surface area contributed by atoms with Crippen LogP contribution in [0.25, 0.3) is 5.69 Å². The average Bonchev–Trinajstić information content (AvgIpc) is 2.94. The van der Waals surface area contributed by atoms with Gasteiger partial charge in [-0.1, -0.05) is 60.3 Å². The Morgan fingerprint density at radius 3 is 2.38 bits per heavy atom. The van der Waals surface area contributed by atoms with E-state index in [0.717, 1.165) is 16.6 Å². The molecule has 0 atom stereocenters. The zero-order valence-electron chi connectivity index (χ0n) is 12.0. The van der Waals surface area contributed by atoms with Crippen molar-refractivity contribution in [3.8, 4) is 5.69 Å². The summed E-state index contributed by atoms with van der Waals surface area (Å²) in [6, 6.07) is 16.5. The SMILES string of the molecule is Cc1cccc(C)c1-n1nnnc1SCc1ccccc1. The Morgan fingerprint density at radius 2 is 1.67 bits per heavy atom. The maximum absolute atomic E-state index is 4.16. The molecular weight excluding hydrogens is 280 g/mol. The molecule has 0 saturated heterocycles. The van der Waals surface area contributed by atoms with E-state index in [1.54, 1.807) is 11.8 Å². The summed E-state index contributed by atoms with van der Waals surface area (Å²) < 4.78 is 1.83. The quantitative estimate of drug-likeness (QED) is 0.690. The van der Waals surface area contributed by atoms with Crippen molar-refractivity contribution in [1.82, 2.24) is 20.2 Å². The number of hydrogen-bond acceptors (Lipinski definition) is 4. The van der Waals surface area contributed by atoms with E-state index < -0.39 is 0 Å². The standard InChI is InChI=1S/C16H16N4S/c1-12-7-6-8-13(2)15(12)20-16(17-18-19-20)21-11-14-9-4-3-5-10-14/h3-10H,11H2,1-2H3. The van der Waals surface area contributed by atoms with Crippen molar-refractivity contribution < 1.29 is 0 Å². The third kappa shape index (κ3) is 2.97. The van der Waals surface area contributed by atoms with Gasteiger partial charge < -0.3 is 0 Å². The molecule has 0 saturated carbocycles. The molecule has 2 aromatic carbocycles. The third-order valence-electron chi connectivity index (χ3n) is 3.30. The van der Waals surface area contributed by atoms with Crippen molar-refractivity contribution in [2.45, 2.75) is 24.8 Å². The molecule has 0 radical (unpaired) electrons. The fourth-order valence-corrected chi connectivity index (χ4v) is 3.10. The van der Waals surface area contributed by atoms with E-state index in [9.17, 15) is 0 Å². The van der Waals surface area contributed by atoms with Crippen LogP contribution < -0.4 is 0 Å². The molecule has 0 amide bonds. The molecule has 21 heavy (non-hydrogen) atoms. The smallest absolute Gasteiger partial charge is 0.187 e. The lowest BCUT2D eigenvalue weighted by molar-refractivity contribution is 0.747. The van der Waals surface area contributed by atoms with E-state index in [-0.39, 0.29) is 0 Å². The number of hydrogen-bond donors (Lipinski definition) is 0. The van der Waals surface area contributed by atoms with Crippen molar-refractivity contribution in [3.63, 3.8) is 0 Å². The van der Waals surface area contributed by atoms with E-state index in [1.807, 2.05) is 22.9 Å². The molecule has 4 nitrogen and oxygen atoms in total. The van der Waals surface area contributed by atoms with Crippen LogP contribution in [0.2, 0.25) is 0 Å². The molecule has 3 rings (SSSR count). The number of para-hydroxylation sites is 1. The lowest BCUT2D eigenvalue weighted by Crippen LogP contribution is -2.04. The summed E-state index contributed by atoms with van der Waals surface area (Å²) in [5.74, 6) is 0.853. The molecule has 0 N–H and O–H groups in total. The second kappa shape index (κ2) is 6.10. The lowest BCUT2D eigenvalue weighted by Gasteiger charge is -2.10. The summed E-state index contributed by atoms with van der Waals surface area (Å²) in [6.45, 7) is 4.16. The Bertz CT molecular complexity index is 717. The summed E-state index contributed by atoms with van der Waals surface area (Å²) in [6.07, 6.45) is 0. The molecule has 5 heteroatoms. The number of tetrazole rings is 1. The van der Waals surface area contributed by atoms with Crippen LogP contribution in [0.3, 0.4) is 0 Å². The molecule has 1 aromatic heterocycles. The Balaban J connectivity index is 1.88. The molecule has 0 aliphatic rings. The molecule has 0 aliphatic carbocycles. The van der Waals surface area contributed by atoms with Gasteiger partial charge in [0.1, 0.15) is 0 Å². The maximum Gasteiger partial charge on any atom is 0.214 e. The minimum atomic E-state index is 0.816. The first-order valence-corrected chi connectivity index (χ1v) is 7.76. The number of thioether (sulfide) groups is 1. The van der Waals surface area contributed by atoms with Crippen LogP contribution in [0.5, 0.6) is 0 Å². The van der Waals surface area contributed by atoms with Gasteiger partial charge in [-0.05, 0) is 41.0 Å². The molecule has 0 spiro atoms. The zero-order valence-corrected chi connectivity index (χ0v) is 12.8. The number of aryl methyl sites for hydroxylation is 2.